The first kappa shape index (κ1) is 29.9. The molecular weight excluding hydrogens is 625 g/mol. The molecule has 5 heterocycles. The highest BCUT2D eigenvalue weighted by Gasteiger charge is 2.53. The maximum Gasteiger partial charge on any atom is 0.350 e. The summed E-state index contributed by atoms with van der Waals surface area (Å²) in [6, 6.07) is 2.11. The quantitative estimate of drug-likeness (QED) is 0.0956. The van der Waals surface area contributed by atoms with Crippen molar-refractivity contribution >= 4 is 85.1 Å². The Balaban J connectivity index is 1.36. The number of aromatic carboxylic acids is 1. The summed E-state index contributed by atoms with van der Waals surface area (Å²) < 4.78 is 2.43. The molecule has 1 unspecified atom stereocenters. The van der Waals surface area contributed by atoms with Crippen LogP contribution in [-0.4, -0.2) is 78.3 Å². The second-order valence-corrected chi connectivity index (χ2v) is 12.9. The van der Waals surface area contributed by atoms with E-state index in [1.165, 1.54) is 37.1 Å². The highest BCUT2D eigenvalue weighted by molar-refractivity contribution is 8.00. The number of aliphatic carboxylic acids is 2. The average molecular weight is 647 g/mol. The molecule has 18 heteroatoms. The van der Waals surface area contributed by atoms with E-state index in [0.29, 0.717) is 11.0 Å². The third-order valence-corrected chi connectivity index (χ3v) is 9.60. The molecule has 2 atom stereocenters. The summed E-state index contributed by atoms with van der Waals surface area (Å²) in [5.74, 6) is -5.36. The fourth-order valence-electron chi connectivity index (χ4n) is 4.26. The number of oxime groups is 1. The van der Waals surface area contributed by atoms with E-state index in [-0.39, 0.29) is 33.7 Å². The number of thioether (sulfide) groups is 1. The molecule has 3 aromatic heterocycles. The van der Waals surface area contributed by atoms with E-state index < -0.39 is 52.5 Å². The number of hydrogen-bond donors (Lipinski definition) is 4. The molecule has 0 radical (unpaired) electrons. The predicted molar refractivity (Wildman–Crippen MR) is 152 cm³/mol. The standard InChI is InChI=1S/C25H22N6O9S3/c1-25(2,23(38)39)40-29-15(12-9-42-24(26)27-12)18(32)28-16-19(33)31-17(22(36)37)11(8-41-20(16)31)7-30-4-3-13-10(6-30)5-14(43-13)21(34)35/h3-6,9,16,20H,7-8H2,1-2H3,(H5-,26,27,28,32,34,35,36,37,38,39)/t16?,20-/m0/s1. The summed E-state index contributed by atoms with van der Waals surface area (Å²) in [7, 11) is 0. The normalized spacial score (nSPS) is 18.7. The van der Waals surface area contributed by atoms with E-state index in [1.54, 1.807) is 23.0 Å². The molecule has 0 saturated carbocycles. The van der Waals surface area contributed by atoms with Gasteiger partial charge in [-0.25, -0.2) is 19.1 Å². The molecule has 5 rings (SSSR count). The highest BCUT2D eigenvalue weighted by atomic mass is 32.2. The molecule has 1 saturated heterocycles. The number of nitrogens with two attached hydrogens (primary N) is 1. The molecule has 2 aliphatic rings. The summed E-state index contributed by atoms with van der Waals surface area (Å²) >= 11 is 3.35. The molecule has 0 bridgehead atoms. The van der Waals surface area contributed by atoms with Crippen molar-refractivity contribution < 1.29 is 48.7 Å². The Labute approximate surface area is 254 Å². The number of thiazole rings is 1. The van der Waals surface area contributed by atoms with Crippen LogP contribution in [0, 0.1) is 0 Å². The number of pyridine rings is 1. The predicted octanol–water partition coefficient (Wildman–Crippen LogP) is -0.386. The lowest BCUT2D eigenvalue weighted by molar-refractivity contribution is -0.687. The number of carbonyl (C=O) groups is 5. The summed E-state index contributed by atoms with van der Waals surface area (Å²) in [5.41, 5.74) is 3.55. The third kappa shape index (κ3) is 5.75. The topological polar surface area (TPSA) is 229 Å². The minimum Gasteiger partial charge on any atom is -0.543 e. The lowest BCUT2D eigenvalue weighted by atomic mass is 10.0. The number of β-lactam (4-membered cyclic amide) rings is 1. The van der Waals surface area contributed by atoms with Gasteiger partial charge in [0.05, 0.1) is 17.1 Å². The number of carboxylic acid groups (broad SMARTS) is 3. The van der Waals surface area contributed by atoms with Crippen molar-refractivity contribution in [3.63, 3.8) is 0 Å². The van der Waals surface area contributed by atoms with Crippen LogP contribution in [0.2, 0.25) is 0 Å². The van der Waals surface area contributed by atoms with Gasteiger partial charge in [-0.2, -0.15) is 0 Å². The van der Waals surface area contributed by atoms with Crippen molar-refractivity contribution in [2.75, 3.05) is 11.5 Å². The van der Waals surface area contributed by atoms with Crippen LogP contribution >= 0.6 is 34.4 Å². The zero-order valence-corrected chi connectivity index (χ0v) is 24.7. The largest absolute Gasteiger partial charge is 0.543 e. The molecule has 0 aromatic carbocycles. The van der Waals surface area contributed by atoms with Crippen LogP contribution < -0.4 is 20.7 Å². The maximum atomic E-state index is 13.2. The van der Waals surface area contributed by atoms with Crippen molar-refractivity contribution in [2.24, 2.45) is 5.16 Å². The fourth-order valence-corrected chi connectivity index (χ4v) is 7.01. The lowest BCUT2D eigenvalue weighted by Gasteiger charge is -2.50. The third-order valence-electron chi connectivity index (χ3n) is 6.48. The number of thiophene rings is 1. The Morgan fingerprint density at radius 3 is 2.70 bits per heavy atom. The number of nitrogens with one attached hydrogen (secondary N) is 1. The van der Waals surface area contributed by atoms with E-state index in [2.05, 4.69) is 15.5 Å². The van der Waals surface area contributed by atoms with Gasteiger partial charge in [-0.15, -0.1) is 34.4 Å². The Morgan fingerprint density at radius 1 is 1.33 bits per heavy atom. The van der Waals surface area contributed by atoms with Gasteiger partial charge in [0.2, 0.25) is 5.60 Å². The van der Waals surface area contributed by atoms with Crippen LogP contribution in [0.4, 0.5) is 5.13 Å². The number of amides is 2. The number of carboxylic acids is 3. The summed E-state index contributed by atoms with van der Waals surface area (Å²) in [6.45, 7) is 2.55. The first-order chi connectivity index (χ1) is 20.3. The zero-order valence-electron chi connectivity index (χ0n) is 22.3. The molecule has 224 valence electrons. The number of aromatic nitrogens is 2. The molecular formula is C25H22N6O9S3. The number of nitrogen functional groups attached to an aromatic ring is 1. The molecule has 43 heavy (non-hydrogen) atoms. The van der Waals surface area contributed by atoms with Gasteiger partial charge in [0.1, 0.15) is 22.0 Å². The molecule has 15 nitrogen and oxygen atoms in total. The van der Waals surface area contributed by atoms with Crippen molar-refractivity contribution in [3.8, 4) is 0 Å². The molecule has 2 aliphatic heterocycles. The number of fused-ring (bicyclic) bond motifs is 2. The molecule has 0 aliphatic carbocycles. The minimum atomic E-state index is -1.79. The molecule has 2 amide bonds. The smallest absolute Gasteiger partial charge is 0.350 e. The van der Waals surface area contributed by atoms with Crippen LogP contribution in [0.25, 0.3) is 10.1 Å². The number of rotatable bonds is 10. The van der Waals surface area contributed by atoms with Gasteiger partial charge in [-0.1, -0.05) is 5.16 Å². The number of carbonyl (C=O) groups excluding carboxylic acids is 3. The first-order valence-corrected chi connectivity index (χ1v) is 15.1. The summed E-state index contributed by atoms with van der Waals surface area (Å²) in [5, 5.41) is 38.4. The zero-order chi connectivity index (χ0) is 31.2. The Hall–Kier alpha value is -4.55. The monoisotopic (exact) mass is 646 g/mol. The van der Waals surface area contributed by atoms with Crippen LogP contribution in [0.5, 0.6) is 0 Å². The Morgan fingerprint density at radius 2 is 2.07 bits per heavy atom. The van der Waals surface area contributed by atoms with Gasteiger partial charge >= 0.3 is 11.9 Å². The van der Waals surface area contributed by atoms with Gasteiger partial charge < -0.3 is 36.0 Å². The number of hydrogen-bond acceptors (Lipinski definition) is 13. The van der Waals surface area contributed by atoms with E-state index >= 15 is 0 Å². The molecule has 1 fully saturated rings. The van der Waals surface area contributed by atoms with Crippen LogP contribution in [0.1, 0.15) is 29.2 Å². The van der Waals surface area contributed by atoms with E-state index in [4.69, 9.17) is 10.6 Å². The number of anilines is 1. The van der Waals surface area contributed by atoms with Crippen molar-refractivity contribution in [1.82, 2.24) is 15.2 Å². The highest BCUT2D eigenvalue weighted by Crippen LogP contribution is 2.40. The van der Waals surface area contributed by atoms with E-state index in [0.717, 1.165) is 32.3 Å². The maximum absolute atomic E-state index is 13.2. The molecule has 3 aromatic rings. The fraction of sp³-hybridized carbons (Fsp3) is 0.280. The Kier molecular flexibility index (Phi) is 7.84. The molecule has 0 spiro atoms. The first-order valence-electron chi connectivity index (χ1n) is 12.3. The van der Waals surface area contributed by atoms with Crippen LogP contribution in [0.3, 0.4) is 0 Å². The Bertz CT molecular complexity index is 1760. The van der Waals surface area contributed by atoms with Crippen LogP contribution in [-0.2, 0) is 30.6 Å². The van der Waals surface area contributed by atoms with Gasteiger partial charge in [0.15, 0.2) is 29.8 Å². The minimum absolute atomic E-state index is 0.00573. The van der Waals surface area contributed by atoms with Gasteiger partial charge in [-0.3, -0.25) is 14.5 Å². The van der Waals surface area contributed by atoms with E-state index in [9.17, 15) is 39.3 Å². The number of nitrogens with zero attached hydrogens (tertiary/aromatic N) is 4. The van der Waals surface area contributed by atoms with Crippen molar-refractivity contribution in [2.45, 2.75) is 37.4 Å². The molecule has 5 N–H and O–H groups in total. The van der Waals surface area contributed by atoms with Crippen molar-refractivity contribution in [3.05, 3.63) is 51.7 Å². The second-order valence-electron chi connectivity index (χ2n) is 9.87. The second kappa shape index (κ2) is 11.3. The van der Waals surface area contributed by atoms with Gasteiger partial charge in [0, 0.05) is 27.5 Å². The lowest BCUT2D eigenvalue weighted by Crippen LogP contribution is -2.71. The van der Waals surface area contributed by atoms with Crippen LogP contribution in [0.15, 0.2) is 46.3 Å². The van der Waals surface area contributed by atoms with Crippen molar-refractivity contribution in [1.29, 1.82) is 0 Å². The summed E-state index contributed by atoms with van der Waals surface area (Å²) in [4.78, 5) is 71.7. The van der Waals surface area contributed by atoms with Gasteiger partial charge in [0.25, 0.3) is 11.8 Å². The summed E-state index contributed by atoms with van der Waals surface area (Å²) in [6.07, 6.45) is 3.37. The average Bonchev–Trinajstić information content (AvgIpc) is 3.57. The van der Waals surface area contributed by atoms with Gasteiger partial charge in [-0.05, 0) is 19.9 Å². The SMILES string of the molecule is CC(C)(ON=C(C(=O)NC1C(=O)N2C(C(=O)[O-])=C(C[n+]3ccc4sc(C(=O)O)cc4c3)CS[C@@H]12)c1csc(N)n1)C(=O)O. The van der Waals surface area contributed by atoms with E-state index in [1.807, 2.05) is 0 Å².